The number of halogens is 2. The van der Waals surface area contributed by atoms with E-state index in [4.69, 9.17) is 4.74 Å². The maximum atomic E-state index is 14.4. The van der Waals surface area contributed by atoms with Crippen molar-refractivity contribution in [3.8, 4) is 5.75 Å². The topological polar surface area (TPSA) is 24.8 Å². The second-order valence-electron chi connectivity index (χ2n) is 5.95. The van der Waals surface area contributed by atoms with E-state index in [1.54, 1.807) is 23.5 Å². The molecule has 0 fully saturated rings. The van der Waals surface area contributed by atoms with Gasteiger partial charge < -0.3 is 4.74 Å². The highest BCUT2D eigenvalue weighted by molar-refractivity contribution is 7.10. The molecule has 0 unspecified atom stereocenters. The number of methoxy groups -OCH3 is 1. The molecule has 1 aliphatic rings. The number of hydrogen-bond donors (Lipinski definition) is 0. The Balaban J connectivity index is 1.74. The van der Waals surface area contributed by atoms with E-state index in [2.05, 4.69) is 5.10 Å². The number of benzene rings is 2. The molecule has 2 aromatic carbocycles. The third kappa shape index (κ3) is 3.08. The predicted molar refractivity (Wildman–Crippen MR) is 100 cm³/mol. The molecule has 6 heteroatoms. The minimum absolute atomic E-state index is 0.118. The quantitative estimate of drug-likeness (QED) is 0.615. The Labute approximate surface area is 154 Å². The molecule has 3 aromatic rings. The lowest BCUT2D eigenvalue weighted by atomic mass is 10.0. The van der Waals surface area contributed by atoms with Gasteiger partial charge in [-0.2, -0.15) is 5.10 Å². The first-order valence-electron chi connectivity index (χ1n) is 8.15. The highest BCUT2D eigenvalue weighted by Crippen LogP contribution is 2.39. The summed E-state index contributed by atoms with van der Waals surface area (Å²) in [5.74, 6) is -0.452. The lowest BCUT2D eigenvalue weighted by Crippen LogP contribution is -2.18. The van der Waals surface area contributed by atoms with E-state index in [9.17, 15) is 8.78 Å². The van der Waals surface area contributed by atoms with Gasteiger partial charge in [-0.25, -0.2) is 8.78 Å². The molecule has 0 amide bonds. The van der Waals surface area contributed by atoms with Gasteiger partial charge in [0.05, 0.1) is 24.6 Å². The number of anilines is 1. The smallest absolute Gasteiger partial charge is 0.151 e. The molecule has 1 aromatic heterocycles. The summed E-state index contributed by atoms with van der Waals surface area (Å²) in [5, 5.41) is 8.30. The first kappa shape index (κ1) is 16.7. The van der Waals surface area contributed by atoms with Gasteiger partial charge in [-0.05, 0) is 53.4 Å². The second-order valence-corrected chi connectivity index (χ2v) is 6.93. The lowest BCUT2D eigenvalue weighted by molar-refractivity contribution is 0.415. The summed E-state index contributed by atoms with van der Waals surface area (Å²) >= 11 is 1.60. The van der Waals surface area contributed by atoms with E-state index >= 15 is 0 Å². The van der Waals surface area contributed by atoms with Crippen LogP contribution in [0, 0.1) is 11.6 Å². The van der Waals surface area contributed by atoms with Gasteiger partial charge in [0.1, 0.15) is 11.6 Å². The molecule has 3 nitrogen and oxygen atoms in total. The Morgan fingerprint density at radius 1 is 1.12 bits per heavy atom. The number of nitrogens with zero attached hydrogens (tertiary/aromatic N) is 2. The maximum Gasteiger partial charge on any atom is 0.151 e. The summed E-state index contributed by atoms with van der Waals surface area (Å²) in [5.41, 5.74) is 2.08. The molecule has 0 N–H and O–H groups in total. The van der Waals surface area contributed by atoms with Crippen LogP contribution in [-0.2, 0) is 0 Å². The van der Waals surface area contributed by atoms with Gasteiger partial charge in [0.25, 0.3) is 0 Å². The Hall–Kier alpha value is -2.73. The van der Waals surface area contributed by atoms with Crippen LogP contribution in [0.5, 0.6) is 5.75 Å². The monoisotopic (exact) mass is 370 g/mol. The zero-order valence-corrected chi connectivity index (χ0v) is 14.8. The van der Waals surface area contributed by atoms with Gasteiger partial charge in [-0.3, -0.25) is 5.01 Å². The van der Waals surface area contributed by atoms with Crippen molar-refractivity contribution < 1.29 is 13.5 Å². The van der Waals surface area contributed by atoms with Crippen molar-refractivity contribution in [3.63, 3.8) is 0 Å². The van der Waals surface area contributed by atoms with E-state index in [0.29, 0.717) is 6.42 Å². The lowest BCUT2D eigenvalue weighted by Gasteiger charge is -2.23. The number of thiophene rings is 1. The Morgan fingerprint density at radius 2 is 1.92 bits per heavy atom. The zero-order chi connectivity index (χ0) is 18.1. The molecule has 0 saturated carbocycles. The molecule has 4 rings (SSSR count). The van der Waals surface area contributed by atoms with Crippen LogP contribution in [0.2, 0.25) is 0 Å². The molecule has 132 valence electrons. The third-order valence-corrected chi connectivity index (χ3v) is 5.34. The van der Waals surface area contributed by atoms with E-state index in [-0.39, 0.29) is 11.7 Å². The normalized spacial score (nSPS) is 16.7. The summed E-state index contributed by atoms with van der Waals surface area (Å²) in [4.78, 5) is 1.08. The van der Waals surface area contributed by atoms with Crippen LogP contribution in [0.4, 0.5) is 14.5 Å². The SMILES string of the molecule is COc1ccc(C2=NN(c3ccc(F)cc3F)[C@H](c3cccs3)C2)cc1. The zero-order valence-electron chi connectivity index (χ0n) is 14.0. The molecule has 0 aliphatic carbocycles. The van der Waals surface area contributed by atoms with Crippen molar-refractivity contribution in [1.82, 2.24) is 0 Å². The Bertz CT molecular complexity index is 939. The minimum atomic E-state index is -0.619. The van der Waals surface area contributed by atoms with Gasteiger partial charge in [-0.15, -0.1) is 11.3 Å². The van der Waals surface area contributed by atoms with Crippen LogP contribution >= 0.6 is 11.3 Å². The molecule has 2 heterocycles. The summed E-state index contributed by atoms with van der Waals surface area (Å²) in [6.45, 7) is 0. The maximum absolute atomic E-state index is 14.4. The summed E-state index contributed by atoms with van der Waals surface area (Å²) in [6, 6.07) is 15.1. The summed E-state index contributed by atoms with van der Waals surface area (Å²) in [6.07, 6.45) is 0.643. The molecule has 26 heavy (non-hydrogen) atoms. The van der Waals surface area contributed by atoms with Gasteiger partial charge in [0, 0.05) is 17.4 Å². The van der Waals surface area contributed by atoms with Crippen LogP contribution < -0.4 is 9.75 Å². The van der Waals surface area contributed by atoms with Crippen molar-refractivity contribution >= 4 is 22.7 Å². The van der Waals surface area contributed by atoms with Crippen molar-refractivity contribution in [2.45, 2.75) is 12.5 Å². The molecule has 0 spiro atoms. The van der Waals surface area contributed by atoms with Crippen LogP contribution in [0.1, 0.15) is 22.9 Å². The highest BCUT2D eigenvalue weighted by Gasteiger charge is 2.32. The number of rotatable bonds is 4. The first-order chi connectivity index (χ1) is 12.7. The van der Waals surface area contributed by atoms with Crippen LogP contribution in [0.3, 0.4) is 0 Å². The van der Waals surface area contributed by atoms with Gasteiger partial charge in [-0.1, -0.05) is 6.07 Å². The van der Waals surface area contributed by atoms with Gasteiger partial charge in [0.2, 0.25) is 0 Å². The first-order valence-corrected chi connectivity index (χ1v) is 9.03. The van der Waals surface area contributed by atoms with Crippen molar-refractivity contribution in [3.05, 3.63) is 82.1 Å². The fraction of sp³-hybridized carbons (Fsp3) is 0.150. The average Bonchev–Trinajstić information content (AvgIpc) is 3.31. The third-order valence-electron chi connectivity index (χ3n) is 4.36. The Morgan fingerprint density at radius 3 is 2.58 bits per heavy atom. The predicted octanol–water partition coefficient (Wildman–Crippen LogP) is 5.39. The van der Waals surface area contributed by atoms with Gasteiger partial charge in [0.15, 0.2) is 5.82 Å². The summed E-state index contributed by atoms with van der Waals surface area (Å²) < 4.78 is 32.9. The Kier molecular flexibility index (Phi) is 4.42. The van der Waals surface area contributed by atoms with Crippen molar-refractivity contribution in [2.75, 3.05) is 12.1 Å². The van der Waals surface area contributed by atoms with E-state index in [0.717, 1.165) is 28.0 Å². The van der Waals surface area contributed by atoms with Gasteiger partial charge >= 0.3 is 0 Å². The van der Waals surface area contributed by atoms with Crippen LogP contribution in [0.15, 0.2) is 65.1 Å². The van der Waals surface area contributed by atoms with Crippen LogP contribution in [-0.4, -0.2) is 12.8 Å². The molecule has 0 saturated heterocycles. The fourth-order valence-electron chi connectivity index (χ4n) is 3.06. The molecule has 1 aliphatic heterocycles. The second kappa shape index (κ2) is 6.88. The molecule has 0 bridgehead atoms. The number of hydrogen-bond acceptors (Lipinski definition) is 4. The van der Waals surface area contributed by atoms with E-state index < -0.39 is 11.6 Å². The highest BCUT2D eigenvalue weighted by atomic mass is 32.1. The van der Waals surface area contributed by atoms with Crippen molar-refractivity contribution in [1.29, 1.82) is 0 Å². The number of ether oxygens (including phenoxy) is 1. The fourth-order valence-corrected chi connectivity index (χ4v) is 3.87. The summed E-state index contributed by atoms with van der Waals surface area (Å²) in [7, 11) is 1.62. The molecular formula is C20H16F2N2OS. The molecular weight excluding hydrogens is 354 g/mol. The van der Waals surface area contributed by atoms with E-state index in [1.165, 1.54) is 12.1 Å². The largest absolute Gasteiger partial charge is 0.497 e. The van der Waals surface area contributed by atoms with Crippen molar-refractivity contribution in [2.24, 2.45) is 5.10 Å². The standard InChI is InChI=1S/C20H16F2N2OS/c1-25-15-7-4-13(5-8-15)17-12-19(20-3-2-10-26-20)24(23-17)18-9-6-14(21)11-16(18)22/h2-11,19H,12H2,1H3/t19-/m0/s1. The molecule has 1 atom stereocenters. The number of hydrazone groups is 1. The molecule has 0 radical (unpaired) electrons. The minimum Gasteiger partial charge on any atom is -0.497 e. The van der Waals surface area contributed by atoms with E-state index in [1.807, 2.05) is 41.8 Å². The van der Waals surface area contributed by atoms with Crippen LogP contribution in [0.25, 0.3) is 0 Å². The average molecular weight is 370 g/mol.